The van der Waals surface area contributed by atoms with E-state index in [4.69, 9.17) is 0 Å². The number of anilines is 1. The lowest BCUT2D eigenvalue weighted by Gasteiger charge is -2.18. The Kier molecular flexibility index (Phi) is 8.41. The summed E-state index contributed by atoms with van der Waals surface area (Å²) in [5, 5.41) is 6.74. The lowest BCUT2D eigenvalue weighted by Crippen LogP contribution is -2.42. The molecule has 0 fully saturated rings. The molecule has 0 aromatic heterocycles. The van der Waals surface area contributed by atoms with Crippen LogP contribution < -0.4 is 15.5 Å². The van der Waals surface area contributed by atoms with Crippen LogP contribution in [-0.4, -0.2) is 37.5 Å². The maximum Gasteiger partial charge on any atom is 0.227 e. The van der Waals surface area contributed by atoms with Gasteiger partial charge >= 0.3 is 0 Å². The summed E-state index contributed by atoms with van der Waals surface area (Å²) >= 11 is 0. The van der Waals surface area contributed by atoms with Crippen LogP contribution in [0, 0.1) is 0 Å². The Morgan fingerprint density at radius 1 is 1.27 bits per heavy atom. The number of carbonyl (C=O) groups excluding carboxylic acids is 1. The largest absolute Gasteiger partial charge is 0.357 e. The topological polar surface area (TPSA) is 56.7 Å². The minimum Gasteiger partial charge on any atom is -0.357 e. The van der Waals surface area contributed by atoms with Crippen molar-refractivity contribution in [3.63, 3.8) is 0 Å². The van der Waals surface area contributed by atoms with E-state index in [2.05, 4.69) is 40.8 Å². The highest BCUT2D eigenvalue weighted by Crippen LogP contribution is 2.27. The smallest absolute Gasteiger partial charge is 0.227 e. The Morgan fingerprint density at radius 2 is 2.04 bits per heavy atom. The van der Waals surface area contributed by atoms with E-state index in [9.17, 15) is 4.79 Å². The van der Waals surface area contributed by atoms with E-state index in [0.717, 1.165) is 50.4 Å². The highest BCUT2D eigenvalue weighted by atomic mass is 127. The van der Waals surface area contributed by atoms with Crippen molar-refractivity contribution >= 4 is 41.5 Å². The summed E-state index contributed by atoms with van der Waals surface area (Å²) in [4.78, 5) is 19.0. The Balaban J connectivity index is 0.00000243. The average Bonchev–Trinajstić information content (AvgIpc) is 3.28. The molecule has 0 atom stereocenters. The first-order valence-corrected chi connectivity index (χ1v) is 9.36. The predicted molar refractivity (Wildman–Crippen MR) is 118 cm³/mol. The van der Waals surface area contributed by atoms with Crippen molar-refractivity contribution in [2.24, 2.45) is 4.99 Å². The van der Waals surface area contributed by atoms with E-state index in [-0.39, 0.29) is 29.9 Å². The molecular formula is C20H29IN4O. The van der Waals surface area contributed by atoms with Gasteiger partial charge in [-0.1, -0.05) is 30.4 Å². The fourth-order valence-electron chi connectivity index (χ4n) is 3.40. The lowest BCUT2D eigenvalue weighted by molar-refractivity contribution is -0.118. The van der Waals surface area contributed by atoms with Gasteiger partial charge in [0.15, 0.2) is 5.96 Å². The molecule has 1 aliphatic heterocycles. The number of fused-ring (bicyclic) bond motifs is 1. The predicted octanol–water partition coefficient (Wildman–Crippen LogP) is 3.25. The molecule has 1 aromatic carbocycles. The minimum atomic E-state index is 0. The van der Waals surface area contributed by atoms with Gasteiger partial charge < -0.3 is 15.5 Å². The van der Waals surface area contributed by atoms with Gasteiger partial charge in [0, 0.05) is 37.8 Å². The quantitative estimate of drug-likeness (QED) is 0.222. The van der Waals surface area contributed by atoms with Gasteiger partial charge in [-0.2, -0.15) is 0 Å². The van der Waals surface area contributed by atoms with E-state index < -0.39 is 0 Å². The number of nitrogens with one attached hydrogen (secondary N) is 2. The summed E-state index contributed by atoms with van der Waals surface area (Å²) in [6.07, 6.45) is 8.79. The molecule has 5 nitrogen and oxygen atoms in total. The number of amides is 1. The maximum absolute atomic E-state index is 12.5. The third-order valence-electron chi connectivity index (χ3n) is 4.70. The Labute approximate surface area is 173 Å². The third-order valence-corrected chi connectivity index (χ3v) is 4.70. The molecule has 26 heavy (non-hydrogen) atoms. The van der Waals surface area contributed by atoms with Crippen molar-refractivity contribution in [3.8, 4) is 0 Å². The lowest BCUT2D eigenvalue weighted by atomic mass is 10.2. The number of halogens is 1. The number of carbonyl (C=O) groups is 1. The number of nitrogens with zero attached hydrogens (tertiary/aromatic N) is 2. The second-order valence-electron chi connectivity index (χ2n) is 6.57. The van der Waals surface area contributed by atoms with E-state index >= 15 is 0 Å². The Morgan fingerprint density at radius 3 is 2.81 bits per heavy atom. The number of rotatable bonds is 6. The van der Waals surface area contributed by atoms with Crippen molar-refractivity contribution in [1.82, 2.24) is 10.6 Å². The number of hydrogen-bond donors (Lipinski definition) is 2. The monoisotopic (exact) mass is 468 g/mol. The average molecular weight is 468 g/mol. The van der Waals surface area contributed by atoms with Gasteiger partial charge in [-0.05, 0) is 44.2 Å². The van der Waals surface area contributed by atoms with E-state index in [1.807, 2.05) is 23.1 Å². The van der Waals surface area contributed by atoms with Gasteiger partial charge in [-0.15, -0.1) is 24.0 Å². The third kappa shape index (κ3) is 5.46. The van der Waals surface area contributed by atoms with E-state index in [1.54, 1.807) is 0 Å². The van der Waals surface area contributed by atoms with E-state index in [1.165, 1.54) is 5.56 Å². The summed E-state index contributed by atoms with van der Waals surface area (Å²) in [7, 11) is 0. The number of para-hydroxylation sites is 1. The van der Waals surface area contributed by atoms with Crippen molar-refractivity contribution in [1.29, 1.82) is 0 Å². The molecule has 142 valence electrons. The molecule has 0 radical (unpaired) electrons. The van der Waals surface area contributed by atoms with Crippen LogP contribution in [0.3, 0.4) is 0 Å². The fourth-order valence-corrected chi connectivity index (χ4v) is 3.40. The van der Waals surface area contributed by atoms with Crippen LogP contribution in [0.5, 0.6) is 0 Å². The van der Waals surface area contributed by atoms with Crippen LogP contribution in [0.15, 0.2) is 41.4 Å². The summed E-state index contributed by atoms with van der Waals surface area (Å²) in [6, 6.07) is 8.64. The first kappa shape index (κ1) is 20.7. The van der Waals surface area contributed by atoms with Gasteiger partial charge in [0.2, 0.25) is 5.91 Å². The summed E-state index contributed by atoms with van der Waals surface area (Å²) < 4.78 is 0. The highest BCUT2D eigenvalue weighted by Gasteiger charge is 2.23. The van der Waals surface area contributed by atoms with Gasteiger partial charge in [-0.25, -0.2) is 0 Å². The zero-order chi connectivity index (χ0) is 17.5. The molecule has 6 heteroatoms. The molecule has 3 rings (SSSR count). The molecule has 1 aromatic rings. The second kappa shape index (κ2) is 10.5. The Bertz CT molecular complexity index is 651. The zero-order valence-electron chi connectivity index (χ0n) is 15.4. The van der Waals surface area contributed by atoms with E-state index in [0.29, 0.717) is 19.0 Å². The number of hydrogen-bond acceptors (Lipinski definition) is 2. The van der Waals surface area contributed by atoms with Crippen LogP contribution in [0.25, 0.3) is 0 Å². The van der Waals surface area contributed by atoms with Gasteiger partial charge in [0.1, 0.15) is 0 Å². The fraction of sp³-hybridized carbons (Fsp3) is 0.500. The van der Waals surface area contributed by atoms with Gasteiger partial charge in [0.05, 0.1) is 0 Å². The van der Waals surface area contributed by atoms with Crippen LogP contribution in [0.2, 0.25) is 0 Å². The van der Waals surface area contributed by atoms with Crippen LogP contribution in [-0.2, 0) is 11.2 Å². The second-order valence-corrected chi connectivity index (χ2v) is 6.57. The molecule has 0 bridgehead atoms. The molecule has 0 spiro atoms. The SMILES string of the molecule is CCNC(=NCCCC(=O)N1CCc2ccccc21)NC1CC=CC1.I. The first-order valence-electron chi connectivity index (χ1n) is 9.36. The molecule has 2 aliphatic rings. The molecule has 0 saturated carbocycles. The van der Waals surface area contributed by atoms with Gasteiger partial charge in [0.25, 0.3) is 0 Å². The molecule has 0 saturated heterocycles. The number of aliphatic imine (C=N–C) groups is 1. The van der Waals surface area contributed by atoms with Crippen LogP contribution in [0.4, 0.5) is 5.69 Å². The van der Waals surface area contributed by atoms with Crippen molar-refractivity contribution < 1.29 is 4.79 Å². The molecular weight excluding hydrogens is 439 g/mol. The summed E-state index contributed by atoms with van der Waals surface area (Å²) in [6.45, 7) is 4.38. The Hall–Kier alpha value is -1.57. The van der Waals surface area contributed by atoms with Crippen LogP contribution >= 0.6 is 24.0 Å². The summed E-state index contributed by atoms with van der Waals surface area (Å²) in [5.41, 5.74) is 2.36. The zero-order valence-corrected chi connectivity index (χ0v) is 17.7. The first-order chi connectivity index (χ1) is 12.3. The molecule has 1 aliphatic carbocycles. The minimum absolute atomic E-state index is 0. The molecule has 0 unspecified atom stereocenters. The molecule has 1 amide bonds. The van der Waals surface area contributed by atoms with Crippen molar-refractivity contribution in [2.75, 3.05) is 24.5 Å². The van der Waals surface area contributed by atoms with Crippen molar-refractivity contribution in [2.45, 2.75) is 45.1 Å². The molecule has 2 N–H and O–H groups in total. The number of guanidine groups is 1. The highest BCUT2D eigenvalue weighted by molar-refractivity contribution is 14.0. The normalized spacial score (nSPS) is 16.3. The maximum atomic E-state index is 12.5. The molecule has 1 heterocycles. The van der Waals surface area contributed by atoms with Crippen molar-refractivity contribution in [3.05, 3.63) is 42.0 Å². The standard InChI is InChI=1S/C20H28N4O.HI/c1-2-21-20(23-17-9-4-5-10-17)22-14-7-12-19(25)24-15-13-16-8-3-6-11-18(16)24;/h3-6,8,11,17H,2,7,9-10,12-15H2,1H3,(H2,21,22,23);1H. The van der Waals surface area contributed by atoms with Crippen LogP contribution in [0.1, 0.15) is 38.2 Å². The number of benzene rings is 1. The van der Waals surface area contributed by atoms with Gasteiger partial charge in [-0.3, -0.25) is 9.79 Å². The summed E-state index contributed by atoms with van der Waals surface area (Å²) in [5.74, 6) is 1.06.